The molecule has 1 fully saturated rings. The van der Waals surface area contributed by atoms with Crippen molar-refractivity contribution in [3.05, 3.63) is 169 Å². The Hall–Kier alpha value is -6.70. The van der Waals surface area contributed by atoms with Crippen molar-refractivity contribution in [2.24, 2.45) is 0 Å². The minimum atomic E-state index is -3.12. The van der Waals surface area contributed by atoms with E-state index in [1.807, 2.05) is 127 Å². The molecular weight excluding hydrogens is 995 g/mol. The number of imide groups is 2. The van der Waals surface area contributed by atoms with Gasteiger partial charge in [-0.25, -0.2) is 24.2 Å². The van der Waals surface area contributed by atoms with Crippen LogP contribution in [-0.4, -0.2) is 110 Å². The Kier molecular flexibility index (Phi) is 18.6. The van der Waals surface area contributed by atoms with Crippen molar-refractivity contribution in [3.63, 3.8) is 0 Å². The molecule has 5 aromatic carbocycles. The van der Waals surface area contributed by atoms with E-state index in [4.69, 9.17) is 23.1 Å². The third kappa shape index (κ3) is 13.6. The van der Waals surface area contributed by atoms with Gasteiger partial charge in [0.1, 0.15) is 17.8 Å². The zero-order valence-corrected chi connectivity index (χ0v) is 47.9. The van der Waals surface area contributed by atoms with Crippen molar-refractivity contribution < 1.29 is 52.1 Å². The average molecular weight is 1070 g/mol. The van der Waals surface area contributed by atoms with E-state index in [1.165, 1.54) is 6.08 Å². The Bertz CT molecular complexity index is 2700. The van der Waals surface area contributed by atoms with E-state index < -0.39 is 81.3 Å². The van der Waals surface area contributed by atoms with Crippen LogP contribution in [-0.2, 0) is 39.3 Å². The van der Waals surface area contributed by atoms with Crippen LogP contribution in [0.25, 0.3) is 0 Å². The zero-order chi connectivity index (χ0) is 55.7. The molecule has 0 unspecified atom stereocenters. The Morgan fingerprint density at radius 1 is 0.539 bits per heavy atom. The van der Waals surface area contributed by atoms with E-state index in [9.17, 15) is 29.1 Å². The highest BCUT2D eigenvalue weighted by Gasteiger charge is 2.56. The van der Waals surface area contributed by atoms with E-state index in [1.54, 1.807) is 47.6 Å². The minimum Gasteiger partial charge on any atom is -0.445 e. The van der Waals surface area contributed by atoms with Gasteiger partial charge in [0.2, 0.25) is 0 Å². The highest BCUT2D eigenvalue weighted by molar-refractivity contribution is 7.00. The van der Waals surface area contributed by atoms with Crippen molar-refractivity contribution in [3.8, 4) is 0 Å². The van der Waals surface area contributed by atoms with E-state index >= 15 is 0 Å². The number of aliphatic hydroxyl groups is 1. The van der Waals surface area contributed by atoms with Crippen LogP contribution in [0.5, 0.6) is 0 Å². The summed E-state index contributed by atoms with van der Waals surface area (Å²) >= 11 is 0. The maximum atomic E-state index is 13.4. The van der Waals surface area contributed by atoms with Crippen molar-refractivity contribution >= 4 is 67.5 Å². The molecule has 2 aliphatic rings. The quantitative estimate of drug-likeness (QED) is 0.0855. The minimum absolute atomic E-state index is 0.0115. The number of hydrogen-bond acceptors (Lipinski definition) is 11. The first-order valence-electron chi connectivity index (χ1n) is 25.7. The lowest BCUT2D eigenvalue weighted by molar-refractivity contribution is -0.135. The van der Waals surface area contributed by atoms with Gasteiger partial charge in [-0.2, -0.15) is 0 Å². The number of alkyl carbamates (subject to hydrolysis) is 1. The summed E-state index contributed by atoms with van der Waals surface area (Å²) in [5, 5.41) is 17.4. The molecule has 5 aromatic rings. The van der Waals surface area contributed by atoms with Crippen LogP contribution in [0.1, 0.15) is 88.6 Å². The number of likely N-dealkylation sites (tertiary alicyclic amines) is 1. The summed E-state index contributed by atoms with van der Waals surface area (Å²) in [6, 6.07) is 46.7. The number of aliphatic hydroxyl groups excluding tert-OH is 1. The first-order valence-corrected chi connectivity index (χ1v) is 29.5. The molecule has 1 saturated heterocycles. The molecule has 0 radical (unpaired) electrons. The van der Waals surface area contributed by atoms with E-state index in [0.717, 1.165) is 36.1 Å². The standard InChI is InChI=1S/C34H42N2O7Si.C26H33NO4Si/c1-33(2,3)43-32(40)36-27(28(29(37)30(36)38)35-31(39)41-22-24-16-10-7-11-17-24)23-42-44(34(4,5)6,25-18-12-8-13-19-25)26-20-14-9-15-21-26;1-25(2,3)31-24(29)27-20(17-18-23(27)28)19-30-32(26(4,5)6,21-13-9-7-10-14-21)22-15-11-8-12-16-22/h7-21,27-29,37H,22-23H2,1-6H3,(H,35,39);7-18,20H,19H2,1-6H3/t27-,28-,29-;20-/m10/s1. The first kappa shape index (κ1) is 58.6. The molecule has 404 valence electrons. The monoisotopic (exact) mass is 1070 g/mol. The lowest BCUT2D eigenvalue weighted by atomic mass is 10.1. The van der Waals surface area contributed by atoms with Crippen LogP contribution in [0.15, 0.2) is 164 Å². The van der Waals surface area contributed by atoms with Crippen molar-refractivity contribution in [2.45, 2.75) is 135 Å². The van der Waals surface area contributed by atoms with Gasteiger partial charge in [-0.3, -0.25) is 9.59 Å². The molecule has 0 bridgehead atoms. The summed E-state index contributed by atoms with van der Waals surface area (Å²) in [7, 11) is -5.89. The van der Waals surface area contributed by atoms with Gasteiger partial charge in [0, 0.05) is 6.08 Å². The fourth-order valence-corrected chi connectivity index (χ4v) is 18.9. The maximum Gasteiger partial charge on any atom is 0.417 e. The molecular formula is C60H75N3O11Si2. The summed E-state index contributed by atoms with van der Waals surface area (Å²) in [4.78, 5) is 67.0. The first-order chi connectivity index (χ1) is 35.7. The van der Waals surface area contributed by atoms with Crippen LogP contribution in [0.3, 0.4) is 0 Å². The van der Waals surface area contributed by atoms with Crippen LogP contribution in [0.4, 0.5) is 14.4 Å². The lowest BCUT2D eigenvalue weighted by Crippen LogP contribution is -2.68. The Labute approximate surface area is 450 Å². The molecule has 7 rings (SSSR count). The molecule has 0 aromatic heterocycles. The predicted molar refractivity (Wildman–Crippen MR) is 300 cm³/mol. The van der Waals surface area contributed by atoms with Gasteiger partial charge in [0.05, 0.1) is 31.3 Å². The SMILES string of the molecule is CC(C)(C)OC(=O)N1C(=O)C=C[C@H]1CO[Si](c1ccccc1)(c1ccccc1)C(C)(C)C.CC(C)(C)OC(=O)N1C(=O)[C@H](O)[C@H](NC(=O)OCc2ccccc2)[C@H]1CO[Si](c1ccccc1)(c1ccccc1)C(C)(C)C. The van der Waals surface area contributed by atoms with Gasteiger partial charge in [0.25, 0.3) is 28.4 Å². The van der Waals surface area contributed by atoms with Gasteiger partial charge in [0.15, 0.2) is 6.10 Å². The van der Waals surface area contributed by atoms with E-state index in [0.29, 0.717) is 0 Å². The van der Waals surface area contributed by atoms with E-state index in [2.05, 4.69) is 71.1 Å². The van der Waals surface area contributed by atoms with Crippen LogP contribution < -0.4 is 26.1 Å². The Morgan fingerprint density at radius 2 is 0.908 bits per heavy atom. The van der Waals surface area contributed by atoms with Gasteiger partial charge >= 0.3 is 18.3 Å². The van der Waals surface area contributed by atoms with Gasteiger partial charge < -0.3 is 33.5 Å². The zero-order valence-electron chi connectivity index (χ0n) is 45.9. The molecule has 76 heavy (non-hydrogen) atoms. The highest BCUT2D eigenvalue weighted by atomic mass is 28.4. The topological polar surface area (TPSA) is 170 Å². The second-order valence-corrected chi connectivity index (χ2v) is 31.6. The number of benzene rings is 5. The average Bonchev–Trinajstić information content (AvgIpc) is 3.86. The second kappa shape index (κ2) is 24.1. The van der Waals surface area contributed by atoms with Crippen LogP contribution in [0.2, 0.25) is 10.1 Å². The number of nitrogens with zero attached hydrogens (tertiary/aromatic N) is 2. The molecule has 4 atom stereocenters. The number of carbonyl (C=O) groups excluding carboxylic acids is 5. The van der Waals surface area contributed by atoms with Gasteiger partial charge in [-0.15, -0.1) is 0 Å². The Balaban J connectivity index is 0.000000259. The van der Waals surface area contributed by atoms with Crippen LogP contribution in [0, 0.1) is 0 Å². The van der Waals surface area contributed by atoms with Gasteiger partial charge in [-0.1, -0.05) is 199 Å². The van der Waals surface area contributed by atoms with Gasteiger partial charge in [-0.05, 0) is 77.9 Å². The summed E-state index contributed by atoms with van der Waals surface area (Å²) in [6.45, 7) is 23.3. The summed E-state index contributed by atoms with van der Waals surface area (Å²) < 4.78 is 30.4. The Morgan fingerprint density at radius 3 is 1.29 bits per heavy atom. The summed E-state index contributed by atoms with van der Waals surface area (Å²) in [5.74, 6) is -1.26. The molecule has 14 nitrogen and oxygen atoms in total. The molecule has 0 aliphatic carbocycles. The number of nitrogens with one attached hydrogen (secondary N) is 1. The van der Waals surface area contributed by atoms with Crippen molar-refractivity contribution in [1.29, 1.82) is 0 Å². The molecule has 2 heterocycles. The number of carbonyl (C=O) groups is 5. The summed E-state index contributed by atoms with van der Waals surface area (Å²) in [6.07, 6.45) is -0.997. The normalized spacial score (nSPS) is 18.2. The molecule has 16 heteroatoms. The number of amides is 5. The smallest absolute Gasteiger partial charge is 0.417 e. The lowest BCUT2D eigenvalue weighted by Gasteiger charge is -2.44. The van der Waals surface area contributed by atoms with Crippen molar-refractivity contribution in [2.75, 3.05) is 13.2 Å². The predicted octanol–water partition coefficient (Wildman–Crippen LogP) is 8.63. The third-order valence-electron chi connectivity index (χ3n) is 13.1. The summed E-state index contributed by atoms with van der Waals surface area (Å²) in [5.41, 5.74) is -0.831. The molecule has 2 N–H and O–H groups in total. The second-order valence-electron chi connectivity index (χ2n) is 23.0. The number of ether oxygens (including phenoxy) is 3. The largest absolute Gasteiger partial charge is 0.445 e. The highest BCUT2D eigenvalue weighted by Crippen LogP contribution is 2.39. The number of hydrogen-bond donors (Lipinski definition) is 2. The van der Waals surface area contributed by atoms with Crippen LogP contribution >= 0.6 is 0 Å². The third-order valence-corrected chi connectivity index (χ3v) is 23.1. The van der Waals surface area contributed by atoms with Crippen molar-refractivity contribution in [1.82, 2.24) is 15.1 Å². The fourth-order valence-electron chi connectivity index (χ4n) is 9.75. The molecule has 5 amide bonds. The molecule has 2 aliphatic heterocycles. The fraction of sp³-hybridized carbons (Fsp3) is 0.383. The van der Waals surface area contributed by atoms with E-state index in [-0.39, 0.29) is 30.8 Å². The molecule has 0 saturated carbocycles. The maximum absolute atomic E-state index is 13.4. The number of rotatable bonds is 13. The molecule has 0 spiro atoms.